The Morgan fingerprint density at radius 2 is 2.03 bits per heavy atom. The van der Waals surface area contributed by atoms with Crippen LogP contribution in [0, 0.1) is 5.92 Å². The third-order valence-electron chi connectivity index (χ3n) is 4.72. The summed E-state index contributed by atoms with van der Waals surface area (Å²) in [6, 6.07) is 6.06. The first kappa shape index (κ1) is 24.6. The van der Waals surface area contributed by atoms with E-state index >= 15 is 0 Å². The zero-order valence-electron chi connectivity index (χ0n) is 18.3. The molecule has 0 bridgehead atoms. The van der Waals surface area contributed by atoms with Gasteiger partial charge in [0, 0.05) is 13.1 Å². The van der Waals surface area contributed by atoms with Crippen LogP contribution in [-0.4, -0.2) is 60.1 Å². The summed E-state index contributed by atoms with van der Waals surface area (Å²) in [5.74, 6) is -0.350. The van der Waals surface area contributed by atoms with Gasteiger partial charge in [0.25, 0.3) is 5.91 Å². The van der Waals surface area contributed by atoms with Gasteiger partial charge < -0.3 is 19.7 Å². The zero-order chi connectivity index (χ0) is 22.8. The van der Waals surface area contributed by atoms with Crippen molar-refractivity contribution in [3.8, 4) is 5.75 Å². The predicted octanol–water partition coefficient (Wildman–Crippen LogP) is 2.27. The quantitative estimate of drug-likeness (QED) is 0.441. The van der Waals surface area contributed by atoms with Crippen LogP contribution in [0.1, 0.15) is 50.4 Å². The van der Waals surface area contributed by atoms with Crippen LogP contribution in [0.5, 0.6) is 5.75 Å². The molecule has 2 rings (SSSR count). The number of para-hydroxylation sites is 1. The van der Waals surface area contributed by atoms with E-state index in [2.05, 4.69) is 10.6 Å². The summed E-state index contributed by atoms with van der Waals surface area (Å²) in [6.07, 6.45) is 1.42. The molecule has 1 aromatic rings. The number of nitrogens with zero attached hydrogens (tertiary/aromatic N) is 1. The summed E-state index contributed by atoms with van der Waals surface area (Å²) in [5, 5.41) is 5.49. The molecule has 1 saturated heterocycles. The number of piperazine rings is 1. The maximum atomic E-state index is 12.8. The van der Waals surface area contributed by atoms with Crippen molar-refractivity contribution in [3.63, 3.8) is 0 Å². The van der Waals surface area contributed by atoms with E-state index in [-0.39, 0.29) is 17.4 Å². The van der Waals surface area contributed by atoms with E-state index in [1.165, 1.54) is 0 Å². The van der Waals surface area contributed by atoms with E-state index < -0.39 is 17.9 Å². The van der Waals surface area contributed by atoms with Crippen LogP contribution in [0.15, 0.2) is 24.3 Å². The number of rotatable bonds is 9. The van der Waals surface area contributed by atoms with Gasteiger partial charge in [-0.05, 0) is 43.1 Å². The average Bonchev–Trinajstić information content (AvgIpc) is 2.73. The molecule has 0 spiro atoms. The molecule has 1 aliphatic heterocycles. The zero-order valence-corrected chi connectivity index (χ0v) is 19.1. The summed E-state index contributed by atoms with van der Waals surface area (Å²) >= 11 is 5.41. The number of hydrogen-bond donors (Lipinski definition) is 2. The Hall–Kier alpha value is -2.68. The predicted molar refractivity (Wildman–Crippen MR) is 121 cm³/mol. The normalized spacial score (nSPS) is 15.9. The molecule has 1 aromatic carbocycles. The molecule has 170 valence electrons. The molecule has 0 aromatic heterocycles. The molecule has 1 atom stereocenters. The molecule has 0 radical (unpaired) electrons. The molecule has 31 heavy (non-hydrogen) atoms. The van der Waals surface area contributed by atoms with Crippen LogP contribution >= 0.6 is 12.2 Å². The van der Waals surface area contributed by atoms with Crippen molar-refractivity contribution >= 4 is 35.1 Å². The number of esters is 1. The van der Waals surface area contributed by atoms with Crippen molar-refractivity contribution < 1.29 is 23.9 Å². The van der Waals surface area contributed by atoms with Gasteiger partial charge in [0.1, 0.15) is 11.8 Å². The van der Waals surface area contributed by atoms with Crippen LogP contribution in [0.2, 0.25) is 0 Å². The van der Waals surface area contributed by atoms with E-state index in [1.807, 2.05) is 20.8 Å². The first-order valence-corrected chi connectivity index (χ1v) is 11.0. The summed E-state index contributed by atoms with van der Waals surface area (Å²) in [4.78, 5) is 39.0. The first-order chi connectivity index (χ1) is 14.8. The Morgan fingerprint density at radius 3 is 2.74 bits per heavy atom. The first-order valence-electron chi connectivity index (χ1n) is 10.6. The summed E-state index contributed by atoms with van der Waals surface area (Å²) in [7, 11) is 0. The summed E-state index contributed by atoms with van der Waals surface area (Å²) in [5.41, 5.74) is 0.351. The topological polar surface area (TPSA) is 97.0 Å². The maximum Gasteiger partial charge on any atom is 0.308 e. The highest BCUT2D eigenvalue weighted by Crippen LogP contribution is 2.19. The SMILES string of the molecule is CCCOc1ccccc1C(=O)NC(=S)N1CCNC(=O)C1CC(=O)OCCC(C)C. The molecular weight excluding hydrogens is 418 g/mol. The number of carbonyl (C=O) groups is 3. The van der Waals surface area contributed by atoms with E-state index in [9.17, 15) is 14.4 Å². The van der Waals surface area contributed by atoms with Gasteiger partial charge in [-0.1, -0.05) is 32.9 Å². The lowest BCUT2D eigenvalue weighted by atomic mass is 10.1. The second-order valence-corrected chi connectivity index (χ2v) is 8.10. The van der Waals surface area contributed by atoms with Gasteiger partial charge >= 0.3 is 5.97 Å². The standard InChI is InChI=1S/C22H31N3O5S/c1-4-12-29-18-8-6-5-7-16(18)20(27)24-22(31)25-11-10-23-21(28)17(25)14-19(26)30-13-9-15(2)3/h5-8,15,17H,4,9-14H2,1-3H3,(H,23,28)(H,24,27,31). The molecule has 2 amide bonds. The van der Waals surface area contributed by atoms with Crippen LogP contribution in [0.4, 0.5) is 0 Å². The molecule has 1 aliphatic rings. The largest absolute Gasteiger partial charge is 0.493 e. The fourth-order valence-electron chi connectivity index (χ4n) is 3.01. The molecular formula is C22H31N3O5S. The molecule has 1 heterocycles. The van der Waals surface area contributed by atoms with Crippen molar-refractivity contribution in [1.82, 2.24) is 15.5 Å². The number of nitrogens with one attached hydrogen (secondary N) is 2. The molecule has 9 heteroatoms. The van der Waals surface area contributed by atoms with E-state index in [0.717, 1.165) is 12.8 Å². The lowest BCUT2D eigenvalue weighted by molar-refractivity contribution is -0.147. The number of benzene rings is 1. The molecule has 0 saturated carbocycles. The van der Waals surface area contributed by atoms with Gasteiger partial charge in [0.05, 0.1) is 25.2 Å². The fraction of sp³-hybridized carbons (Fsp3) is 0.545. The second-order valence-electron chi connectivity index (χ2n) is 7.71. The summed E-state index contributed by atoms with van der Waals surface area (Å²) < 4.78 is 10.9. The molecule has 2 N–H and O–H groups in total. The molecule has 0 aliphatic carbocycles. The lowest BCUT2D eigenvalue weighted by Crippen LogP contribution is -2.60. The molecule has 1 fully saturated rings. The second kappa shape index (κ2) is 12.2. The Labute approximate surface area is 188 Å². The third kappa shape index (κ3) is 7.50. The Kier molecular flexibility index (Phi) is 9.71. The third-order valence-corrected chi connectivity index (χ3v) is 5.06. The highest BCUT2D eigenvalue weighted by Gasteiger charge is 2.34. The minimum absolute atomic E-state index is 0.0881. The van der Waals surface area contributed by atoms with Crippen molar-refractivity contribution in [3.05, 3.63) is 29.8 Å². The number of thiocarbonyl (C=S) groups is 1. The van der Waals surface area contributed by atoms with Crippen LogP contribution in [-0.2, 0) is 14.3 Å². The van der Waals surface area contributed by atoms with Crippen LogP contribution < -0.4 is 15.4 Å². The highest BCUT2D eigenvalue weighted by atomic mass is 32.1. The van der Waals surface area contributed by atoms with Gasteiger partial charge in [-0.15, -0.1) is 0 Å². The van der Waals surface area contributed by atoms with Crippen molar-refractivity contribution in [2.75, 3.05) is 26.3 Å². The van der Waals surface area contributed by atoms with Gasteiger partial charge in [-0.25, -0.2) is 0 Å². The Balaban J connectivity index is 2.03. The number of amides is 2. The monoisotopic (exact) mass is 449 g/mol. The number of hydrogen-bond acceptors (Lipinski definition) is 6. The van der Waals surface area contributed by atoms with Gasteiger partial charge in [-0.3, -0.25) is 19.7 Å². The van der Waals surface area contributed by atoms with Gasteiger partial charge in [0.2, 0.25) is 5.91 Å². The minimum atomic E-state index is -0.834. The number of carbonyl (C=O) groups excluding carboxylic acids is 3. The van der Waals surface area contributed by atoms with Gasteiger partial charge in [-0.2, -0.15) is 0 Å². The smallest absolute Gasteiger partial charge is 0.308 e. The summed E-state index contributed by atoms with van der Waals surface area (Å²) in [6.45, 7) is 7.59. The van der Waals surface area contributed by atoms with Crippen molar-refractivity contribution in [2.45, 2.75) is 46.1 Å². The van der Waals surface area contributed by atoms with Crippen LogP contribution in [0.3, 0.4) is 0 Å². The van der Waals surface area contributed by atoms with Crippen molar-refractivity contribution in [2.24, 2.45) is 5.92 Å². The van der Waals surface area contributed by atoms with Crippen LogP contribution in [0.25, 0.3) is 0 Å². The van der Waals surface area contributed by atoms with E-state index in [1.54, 1.807) is 29.2 Å². The van der Waals surface area contributed by atoms with E-state index in [4.69, 9.17) is 21.7 Å². The number of ether oxygens (including phenoxy) is 2. The Morgan fingerprint density at radius 1 is 1.29 bits per heavy atom. The molecule has 8 nitrogen and oxygen atoms in total. The fourth-order valence-corrected chi connectivity index (χ4v) is 3.33. The maximum absolute atomic E-state index is 12.8. The average molecular weight is 450 g/mol. The lowest BCUT2D eigenvalue weighted by Gasteiger charge is -2.36. The van der Waals surface area contributed by atoms with Gasteiger partial charge in [0.15, 0.2) is 5.11 Å². The highest BCUT2D eigenvalue weighted by molar-refractivity contribution is 7.80. The molecule has 1 unspecified atom stereocenters. The van der Waals surface area contributed by atoms with E-state index in [0.29, 0.717) is 43.5 Å². The Bertz CT molecular complexity index is 799. The minimum Gasteiger partial charge on any atom is -0.493 e. The van der Waals surface area contributed by atoms with Crippen molar-refractivity contribution in [1.29, 1.82) is 0 Å².